The summed E-state index contributed by atoms with van der Waals surface area (Å²) < 4.78 is 5.13. The monoisotopic (exact) mass is 332 g/mol. The van der Waals surface area contributed by atoms with Crippen molar-refractivity contribution >= 4 is 34.8 Å². The first-order chi connectivity index (χ1) is 11.0. The van der Waals surface area contributed by atoms with E-state index in [2.05, 4.69) is 10.6 Å². The number of rotatable bonds is 2. The van der Waals surface area contributed by atoms with Crippen molar-refractivity contribution in [1.29, 1.82) is 0 Å². The highest BCUT2D eigenvalue weighted by molar-refractivity contribution is 6.30. The number of aryl methyl sites for hydroxylation is 1. The minimum Gasteiger partial charge on any atom is -0.426 e. The van der Waals surface area contributed by atoms with Crippen LogP contribution in [0.2, 0.25) is 5.02 Å². The van der Waals surface area contributed by atoms with E-state index in [1.54, 1.807) is 24.3 Å². The van der Waals surface area contributed by atoms with Crippen LogP contribution in [0.4, 0.5) is 16.2 Å². The fraction of sp³-hybridized carbons (Fsp3) is 0.188. The summed E-state index contributed by atoms with van der Waals surface area (Å²) in [4.78, 5) is 35.7. The summed E-state index contributed by atoms with van der Waals surface area (Å²) in [7, 11) is 0. The lowest BCUT2D eigenvalue weighted by molar-refractivity contribution is 0.0966. The van der Waals surface area contributed by atoms with Gasteiger partial charge in [0.15, 0.2) is 5.78 Å². The van der Waals surface area contributed by atoms with E-state index < -0.39 is 11.7 Å². The van der Waals surface area contributed by atoms with Gasteiger partial charge in [-0.25, -0.2) is 9.59 Å². The minimum absolute atomic E-state index is 0.0708. The third-order valence-corrected chi connectivity index (χ3v) is 3.70. The van der Waals surface area contributed by atoms with Crippen LogP contribution in [0.5, 0.6) is 0 Å². The number of fused-ring (bicyclic) bond motifs is 1. The molecule has 1 aromatic carbocycles. The summed E-state index contributed by atoms with van der Waals surface area (Å²) in [5.41, 5.74) is 0.0838. The maximum Gasteiger partial charge on any atom is 0.360 e. The predicted molar refractivity (Wildman–Crippen MR) is 86.3 cm³/mol. The second kappa shape index (κ2) is 6.26. The Morgan fingerprint density at radius 1 is 1.13 bits per heavy atom. The molecule has 7 heteroatoms. The van der Waals surface area contributed by atoms with Gasteiger partial charge in [-0.1, -0.05) is 17.7 Å². The minimum atomic E-state index is -0.681. The molecule has 1 aliphatic rings. The van der Waals surface area contributed by atoms with Crippen LogP contribution in [0.1, 0.15) is 29.0 Å². The molecule has 2 N–H and O–H groups in total. The first kappa shape index (κ1) is 15.3. The number of halogens is 1. The Kier molecular flexibility index (Phi) is 4.16. The quantitative estimate of drug-likeness (QED) is 0.881. The lowest BCUT2D eigenvalue weighted by atomic mass is 9.96. The van der Waals surface area contributed by atoms with E-state index in [1.165, 1.54) is 6.07 Å². The van der Waals surface area contributed by atoms with Gasteiger partial charge in [0, 0.05) is 23.6 Å². The van der Waals surface area contributed by atoms with Gasteiger partial charge in [0.1, 0.15) is 11.4 Å². The van der Waals surface area contributed by atoms with Crippen molar-refractivity contribution in [2.24, 2.45) is 0 Å². The molecule has 0 spiro atoms. The summed E-state index contributed by atoms with van der Waals surface area (Å²) in [6, 6.07) is 7.34. The fourth-order valence-electron chi connectivity index (χ4n) is 2.41. The van der Waals surface area contributed by atoms with Gasteiger partial charge in [-0.05, 0) is 30.7 Å². The maximum atomic E-state index is 12.0. The van der Waals surface area contributed by atoms with Crippen molar-refractivity contribution < 1.29 is 14.0 Å². The van der Waals surface area contributed by atoms with E-state index in [4.69, 9.17) is 16.0 Å². The standard InChI is InChI=1S/C16H13ClN2O4/c17-9-3-1-4-10(7-9)18-16(22)19-12-8-11-13(20)5-2-6-14(11)23-15(12)21/h1,3-4,7-8H,2,5-6H2,(H2,18,19,22). The lowest BCUT2D eigenvalue weighted by Gasteiger charge is -2.14. The van der Waals surface area contributed by atoms with Gasteiger partial charge in [-0.15, -0.1) is 0 Å². The largest absolute Gasteiger partial charge is 0.426 e. The van der Waals surface area contributed by atoms with Crippen LogP contribution < -0.4 is 16.3 Å². The van der Waals surface area contributed by atoms with Gasteiger partial charge in [-0.2, -0.15) is 0 Å². The molecule has 0 fully saturated rings. The summed E-state index contributed by atoms with van der Waals surface area (Å²) in [6.45, 7) is 0. The Bertz CT molecular complexity index is 844. The zero-order chi connectivity index (χ0) is 16.4. The predicted octanol–water partition coefficient (Wildman–Crippen LogP) is 3.46. The summed E-state index contributed by atoms with van der Waals surface area (Å²) >= 11 is 5.83. The van der Waals surface area contributed by atoms with E-state index in [-0.39, 0.29) is 11.5 Å². The molecule has 0 bridgehead atoms. The molecule has 1 aliphatic carbocycles. The van der Waals surface area contributed by atoms with Gasteiger partial charge in [-0.3, -0.25) is 4.79 Å². The smallest absolute Gasteiger partial charge is 0.360 e. The highest BCUT2D eigenvalue weighted by Crippen LogP contribution is 2.22. The van der Waals surface area contributed by atoms with Crippen LogP contribution in [0.25, 0.3) is 0 Å². The number of nitrogens with one attached hydrogen (secondary N) is 2. The van der Waals surface area contributed by atoms with Crippen LogP contribution in [0.15, 0.2) is 39.5 Å². The van der Waals surface area contributed by atoms with Crippen molar-refractivity contribution in [3.05, 3.63) is 57.1 Å². The van der Waals surface area contributed by atoms with Gasteiger partial charge in [0.05, 0.1) is 5.56 Å². The van der Waals surface area contributed by atoms with Crippen molar-refractivity contribution in [3.8, 4) is 0 Å². The molecule has 3 rings (SSSR count). The Hall–Kier alpha value is -2.60. The van der Waals surface area contributed by atoms with Crippen LogP contribution in [0, 0.1) is 0 Å². The molecule has 0 unspecified atom stereocenters. The van der Waals surface area contributed by atoms with Gasteiger partial charge in [0.2, 0.25) is 0 Å². The molecule has 1 heterocycles. The second-order valence-electron chi connectivity index (χ2n) is 5.15. The Labute approximate surface area is 136 Å². The van der Waals surface area contributed by atoms with Crippen molar-refractivity contribution in [1.82, 2.24) is 0 Å². The number of ketones is 1. The first-order valence-electron chi connectivity index (χ1n) is 7.07. The number of anilines is 2. The number of carbonyl (C=O) groups is 2. The molecule has 0 atom stereocenters. The normalized spacial score (nSPS) is 13.3. The van der Waals surface area contributed by atoms with Crippen molar-refractivity contribution in [2.45, 2.75) is 19.3 Å². The molecule has 0 aliphatic heterocycles. The van der Waals surface area contributed by atoms with E-state index in [0.717, 1.165) is 0 Å². The number of hydrogen-bond acceptors (Lipinski definition) is 4. The fourth-order valence-corrected chi connectivity index (χ4v) is 2.60. The number of carbonyl (C=O) groups excluding carboxylic acids is 2. The Balaban J connectivity index is 1.80. The molecular weight excluding hydrogens is 320 g/mol. The Morgan fingerprint density at radius 2 is 1.96 bits per heavy atom. The van der Waals surface area contributed by atoms with Crippen LogP contribution in [-0.4, -0.2) is 11.8 Å². The maximum absolute atomic E-state index is 12.0. The molecule has 0 saturated heterocycles. The zero-order valence-corrected chi connectivity index (χ0v) is 12.8. The molecule has 0 radical (unpaired) electrons. The highest BCUT2D eigenvalue weighted by atomic mass is 35.5. The molecule has 23 heavy (non-hydrogen) atoms. The topological polar surface area (TPSA) is 88.4 Å². The summed E-state index contributed by atoms with van der Waals surface area (Å²) in [6.07, 6.45) is 1.62. The van der Waals surface area contributed by atoms with E-state index in [0.29, 0.717) is 41.3 Å². The van der Waals surface area contributed by atoms with Crippen LogP contribution in [-0.2, 0) is 6.42 Å². The average molecular weight is 333 g/mol. The molecule has 2 amide bonds. The number of benzene rings is 1. The molecule has 0 saturated carbocycles. The van der Waals surface area contributed by atoms with Gasteiger partial charge >= 0.3 is 11.7 Å². The average Bonchev–Trinajstić information content (AvgIpc) is 2.49. The van der Waals surface area contributed by atoms with Crippen molar-refractivity contribution in [3.63, 3.8) is 0 Å². The van der Waals surface area contributed by atoms with Crippen LogP contribution >= 0.6 is 11.6 Å². The summed E-state index contributed by atoms with van der Waals surface area (Å²) in [5.74, 6) is 0.292. The van der Waals surface area contributed by atoms with E-state index >= 15 is 0 Å². The third-order valence-electron chi connectivity index (χ3n) is 3.46. The zero-order valence-electron chi connectivity index (χ0n) is 12.0. The lowest BCUT2D eigenvalue weighted by Crippen LogP contribution is -2.25. The molecular formula is C16H13ClN2O4. The second-order valence-corrected chi connectivity index (χ2v) is 5.59. The summed E-state index contributed by atoms with van der Waals surface area (Å²) in [5, 5.41) is 5.42. The van der Waals surface area contributed by atoms with Gasteiger partial charge in [0.25, 0.3) is 0 Å². The first-order valence-corrected chi connectivity index (χ1v) is 7.44. The number of amides is 2. The SMILES string of the molecule is O=C(Nc1cccc(Cl)c1)Nc1cc2c(oc1=O)CCCC2=O. The number of hydrogen-bond donors (Lipinski definition) is 2. The number of Topliss-reactive ketones (excluding diaryl/α,β-unsaturated/α-hetero) is 1. The third kappa shape index (κ3) is 3.43. The van der Waals surface area contributed by atoms with E-state index in [9.17, 15) is 14.4 Å². The molecule has 1 aromatic heterocycles. The van der Waals surface area contributed by atoms with Crippen molar-refractivity contribution in [2.75, 3.05) is 10.6 Å². The van der Waals surface area contributed by atoms with Gasteiger partial charge < -0.3 is 15.1 Å². The molecule has 6 nitrogen and oxygen atoms in total. The molecule has 118 valence electrons. The highest BCUT2D eigenvalue weighted by Gasteiger charge is 2.22. The number of urea groups is 1. The van der Waals surface area contributed by atoms with E-state index in [1.807, 2.05) is 0 Å². The molecule has 2 aromatic rings. The van der Waals surface area contributed by atoms with Crippen LogP contribution in [0.3, 0.4) is 0 Å². The Morgan fingerprint density at radius 3 is 2.74 bits per heavy atom.